The van der Waals surface area contributed by atoms with Gasteiger partial charge in [-0.15, -0.1) is 0 Å². The minimum absolute atomic E-state index is 0.0121. The second-order valence-corrected chi connectivity index (χ2v) is 10.8. The summed E-state index contributed by atoms with van der Waals surface area (Å²) in [7, 11) is 0. The molecule has 2 aromatic carbocycles. The molecule has 2 fully saturated rings. The van der Waals surface area contributed by atoms with Crippen LogP contribution in [-0.2, 0) is 27.1 Å². The standard InChI is InChI=1S/C27H26F3N3O3/c1-16-26(23(36)33(31-16)24(2,3)4)20(18-10-12-19(13-11-18)27(28,29)30)25(26)15-32(22(35)21(25)34)14-17-8-6-5-7-9-17/h5-13,20H,14-15H2,1-4H3/t20-,25?,26?/m0/s1. The van der Waals surface area contributed by atoms with Crippen LogP contribution in [0.2, 0.25) is 0 Å². The molecule has 188 valence electrons. The summed E-state index contributed by atoms with van der Waals surface area (Å²) in [6, 6.07) is 13.7. The molecule has 2 unspecified atom stereocenters. The number of Topliss-reactive ketones (excluding diaryl/α,β-unsaturated/α-hetero) is 1. The van der Waals surface area contributed by atoms with E-state index >= 15 is 0 Å². The maximum Gasteiger partial charge on any atom is 0.416 e. The Morgan fingerprint density at radius 2 is 1.58 bits per heavy atom. The number of likely N-dealkylation sites (tertiary alicyclic amines) is 1. The number of benzene rings is 2. The molecule has 3 atom stereocenters. The van der Waals surface area contributed by atoms with Gasteiger partial charge in [0.1, 0.15) is 5.41 Å². The van der Waals surface area contributed by atoms with Gasteiger partial charge in [0, 0.05) is 19.0 Å². The second kappa shape index (κ2) is 7.51. The van der Waals surface area contributed by atoms with E-state index < -0.39 is 51.6 Å². The third-order valence-corrected chi connectivity index (χ3v) is 7.65. The lowest BCUT2D eigenvalue weighted by atomic mass is 9.86. The number of hydrogen-bond acceptors (Lipinski definition) is 4. The molecule has 36 heavy (non-hydrogen) atoms. The largest absolute Gasteiger partial charge is 0.416 e. The maximum atomic E-state index is 14.0. The van der Waals surface area contributed by atoms with E-state index in [-0.39, 0.29) is 13.1 Å². The molecule has 3 aliphatic rings. The van der Waals surface area contributed by atoms with E-state index in [4.69, 9.17) is 0 Å². The molecule has 1 saturated carbocycles. The number of ketones is 1. The van der Waals surface area contributed by atoms with Crippen LogP contribution in [0.25, 0.3) is 0 Å². The monoisotopic (exact) mass is 497 g/mol. The molecule has 2 aromatic rings. The quantitative estimate of drug-likeness (QED) is 0.591. The van der Waals surface area contributed by atoms with Crippen LogP contribution < -0.4 is 0 Å². The molecule has 5 rings (SSSR count). The van der Waals surface area contributed by atoms with Gasteiger partial charge in [0.2, 0.25) is 5.78 Å². The van der Waals surface area contributed by atoms with Crippen molar-refractivity contribution in [3.8, 4) is 0 Å². The first-order chi connectivity index (χ1) is 16.8. The molecule has 0 bridgehead atoms. The van der Waals surface area contributed by atoms with Gasteiger partial charge in [0.15, 0.2) is 0 Å². The first-order valence-corrected chi connectivity index (χ1v) is 11.7. The van der Waals surface area contributed by atoms with E-state index in [1.54, 1.807) is 6.92 Å². The molecule has 2 spiro atoms. The van der Waals surface area contributed by atoms with Crippen LogP contribution >= 0.6 is 0 Å². The number of carbonyl (C=O) groups is 3. The molecule has 0 N–H and O–H groups in total. The summed E-state index contributed by atoms with van der Waals surface area (Å²) in [6.07, 6.45) is -4.52. The summed E-state index contributed by atoms with van der Waals surface area (Å²) in [4.78, 5) is 42.4. The molecule has 1 saturated heterocycles. The molecule has 0 radical (unpaired) electrons. The topological polar surface area (TPSA) is 70.1 Å². The highest BCUT2D eigenvalue weighted by molar-refractivity contribution is 6.45. The Kier molecular flexibility index (Phi) is 5.05. The minimum atomic E-state index is -4.52. The van der Waals surface area contributed by atoms with Gasteiger partial charge in [-0.05, 0) is 51.0 Å². The Hall–Kier alpha value is -3.49. The number of amides is 2. The molecular formula is C27H26F3N3O3. The Bertz CT molecular complexity index is 1300. The second-order valence-electron chi connectivity index (χ2n) is 10.8. The van der Waals surface area contributed by atoms with Gasteiger partial charge in [0.25, 0.3) is 11.8 Å². The number of fused-ring (bicyclic) bond motifs is 1. The maximum absolute atomic E-state index is 14.0. The lowest BCUT2D eigenvalue weighted by Gasteiger charge is -2.29. The van der Waals surface area contributed by atoms with E-state index in [9.17, 15) is 27.6 Å². The first-order valence-electron chi connectivity index (χ1n) is 11.7. The van der Waals surface area contributed by atoms with Crippen molar-refractivity contribution >= 4 is 23.3 Å². The van der Waals surface area contributed by atoms with Gasteiger partial charge >= 0.3 is 6.18 Å². The number of rotatable bonds is 3. The van der Waals surface area contributed by atoms with Gasteiger partial charge in [-0.2, -0.15) is 18.3 Å². The van der Waals surface area contributed by atoms with E-state index in [0.717, 1.165) is 17.7 Å². The SMILES string of the molecule is CC1=NN(C(C)(C)C)C(=O)C12[C@@H](c1ccc(C(F)(F)F)cc1)C21CN(Cc2ccccc2)C(=O)C1=O. The summed E-state index contributed by atoms with van der Waals surface area (Å²) in [6.45, 7) is 7.27. The minimum Gasteiger partial charge on any atom is -0.331 e. The number of alkyl halides is 3. The summed E-state index contributed by atoms with van der Waals surface area (Å²) in [5.41, 5.74) is -2.72. The zero-order chi connectivity index (χ0) is 26.3. The lowest BCUT2D eigenvalue weighted by molar-refractivity contribution is -0.143. The summed E-state index contributed by atoms with van der Waals surface area (Å²) < 4.78 is 39.7. The van der Waals surface area contributed by atoms with Crippen molar-refractivity contribution < 1.29 is 27.6 Å². The van der Waals surface area contributed by atoms with Crippen molar-refractivity contribution in [2.24, 2.45) is 15.9 Å². The lowest BCUT2D eigenvalue weighted by Crippen LogP contribution is -2.44. The molecule has 2 aliphatic heterocycles. The van der Waals surface area contributed by atoms with Gasteiger partial charge in [-0.25, -0.2) is 5.01 Å². The van der Waals surface area contributed by atoms with Gasteiger partial charge in [0.05, 0.1) is 22.2 Å². The van der Waals surface area contributed by atoms with Crippen LogP contribution in [0, 0.1) is 10.8 Å². The highest BCUT2D eigenvalue weighted by atomic mass is 19.4. The van der Waals surface area contributed by atoms with Crippen molar-refractivity contribution in [2.75, 3.05) is 6.54 Å². The van der Waals surface area contributed by atoms with Crippen molar-refractivity contribution in [1.29, 1.82) is 0 Å². The number of hydrogen-bond donors (Lipinski definition) is 0. The molecule has 1 aliphatic carbocycles. The molecule has 6 nitrogen and oxygen atoms in total. The highest BCUT2D eigenvalue weighted by Gasteiger charge is 2.90. The van der Waals surface area contributed by atoms with E-state index in [2.05, 4.69) is 5.10 Å². The molecule has 0 aromatic heterocycles. The van der Waals surface area contributed by atoms with Gasteiger partial charge in [-0.3, -0.25) is 14.4 Å². The van der Waals surface area contributed by atoms with Crippen molar-refractivity contribution in [3.05, 3.63) is 71.3 Å². The average molecular weight is 498 g/mol. The Balaban J connectivity index is 1.61. The van der Waals surface area contributed by atoms with Crippen LogP contribution in [0.3, 0.4) is 0 Å². The van der Waals surface area contributed by atoms with Crippen molar-refractivity contribution in [3.63, 3.8) is 0 Å². The van der Waals surface area contributed by atoms with Crippen molar-refractivity contribution in [2.45, 2.75) is 51.9 Å². The van der Waals surface area contributed by atoms with Crippen LogP contribution in [0.1, 0.15) is 50.3 Å². The van der Waals surface area contributed by atoms with Gasteiger partial charge in [-0.1, -0.05) is 42.5 Å². The van der Waals surface area contributed by atoms with Crippen LogP contribution in [0.15, 0.2) is 59.7 Å². The summed E-state index contributed by atoms with van der Waals surface area (Å²) in [5, 5.41) is 5.85. The van der Waals surface area contributed by atoms with Crippen LogP contribution in [-0.4, -0.2) is 45.3 Å². The van der Waals surface area contributed by atoms with E-state index in [1.807, 2.05) is 51.1 Å². The first kappa shape index (κ1) is 24.2. The Morgan fingerprint density at radius 3 is 2.11 bits per heavy atom. The zero-order valence-electron chi connectivity index (χ0n) is 20.4. The number of hydrazone groups is 1. The smallest absolute Gasteiger partial charge is 0.331 e. The van der Waals surface area contributed by atoms with E-state index in [0.29, 0.717) is 11.3 Å². The molecule has 2 heterocycles. The Labute approximate surface area is 206 Å². The Morgan fingerprint density at radius 1 is 0.972 bits per heavy atom. The predicted molar refractivity (Wildman–Crippen MR) is 126 cm³/mol. The highest BCUT2D eigenvalue weighted by Crippen LogP contribution is 2.79. The fourth-order valence-corrected chi connectivity index (χ4v) is 6.07. The van der Waals surface area contributed by atoms with Crippen LogP contribution in [0.5, 0.6) is 0 Å². The molecule has 9 heteroatoms. The molecule has 2 amide bonds. The number of halogens is 3. The van der Waals surface area contributed by atoms with Crippen LogP contribution in [0.4, 0.5) is 13.2 Å². The third kappa shape index (κ3) is 3.10. The molecular weight excluding hydrogens is 471 g/mol. The fraction of sp³-hybridized carbons (Fsp3) is 0.407. The number of nitrogens with zero attached hydrogens (tertiary/aromatic N) is 3. The van der Waals surface area contributed by atoms with Gasteiger partial charge < -0.3 is 4.90 Å². The summed E-state index contributed by atoms with van der Waals surface area (Å²) in [5.74, 6) is -2.59. The predicted octanol–water partition coefficient (Wildman–Crippen LogP) is 4.40. The zero-order valence-corrected chi connectivity index (χ0v) is 20.4. The fourth-order valence-electron chi connectivity index (χ4n) is 6.07. The normalized spacial score (nSPS) is 28.0. The van der Waals surface area contributed by atoms with E-state index in [1.165, 1.54) is 22.0 Å². The number of carbonyl (C=O) groups excluding carboxylic acids is 3. The summed E-state index contributed by atoms with van der Waals surface area (Å²) >= 11 is 0. The van der Waals surface area contributed by atoms with Crippen molar-refractivity contribution in [1.82, 2.24) is 9.91 Å². The third-order valence-electron chi connectivity index (χ3n) is 7.65. The average Bonchev–Trinajstić information content (AvgIpc) is 3.24.